The van der Waals surface area contributed by atoms with Crippen LogP contribution in [-0.2, 0) is 4.74 Å². The second kappa shape index (κ2) is 7.23. The van der Waals surface area contributed by atoms with Gasteiger partial charge in [0.25, 0.3) is 0 Å². The van der Waals surface area contributed by atoms with E-state index >= 15 is 0 Å². The van der Waals surface area contributed by atoms with E-state index in [1.54, 1.807) is 0 Å². The molecule has 2 aliphatic heterocycles. The van der Waals surface area contributed by atoms with Crippen LogP contribution in [0.1, 0.15) is 38.5 Å². The van der Waals surface area contributed by atoms with E-state index in [-0.39, 0.29) is 0 Å². The van der Waals surface area contributed by atoms with Crippen molar-refractivity contribution in [3.8, 4) is 0 Å². The topological polar surface area (TPSA) is 15.7 Å². The van der Waals surface area contributed by atoms with Gasteiger partial charge in [-0.15, -0.1) is 0 Å². The average Bonchev–Trinajstić information content (AvgIpc) is 3.42. The Morgan fingerprint density at radius 2 is 1.39 bits per heavy atom. The van der Waals surface area contributed by atoms with E-state index in [0.717, 1.165) is 19.0 Å². The summed E-state index contributed by atoms with van der Waals surface area (Å²) in [6.45, 7) is 6.13. The number of benzene rings is 1. The van der Waals surface area contributed by atoms with Crippen LogP contribution in [0, 0.1) is 5.92 Å². The third-order valence-corrected chi connectivity index (χ3v) is 5.70. The third-order valence-electron chi connectivity index (χ3n) is 5.70. The zero-order valence-corrected chi connectivity index (χ0v) is 14.2. The van der Waals surface area contributed by atoms with Crippen LogP contribution in [0.2, 0.25) is 0 Å². The number of rotatable bonds is 5. The van der Waals surface area contributed by atoms with Crippen molar-refractivity contribution in [3.05, 3.63) is 30.3 Å². The Bertz CT molecular complexity index is 472. The lowest BCUT2D eigenvalue weighted by atomic mass is 10.0. The van der Waals surface area contributed by atoms with E-state index < -0.39 is 0 Å². The Kier molecular flexibility index (Phi) is 4.86. The maximum Gasteiger partial charge on any atom is 0.0612 e. The number of ether oxygens (including phenoxy) is 1. The predicted octanol–water partition coefficient (Wildman–Crippen LogP) is 3.55. The summed E-state index contributed by atoms with van der Waals surface area (Å²) < 4.78 is 6.43. The molecule has 1 aromatic rings. The Labute approximate surface area is 140 Å². The maximum atomic E-state index is 6.43. The summed E-state index contributed by atoms with van der Waals surface area (Å²) in [6, 6.07) is 10.8. The van der Waals surface area contributed by atoms with E-state index in [2.05, 4.69) is 40.1 Å². The normalized spacial score (nSPS) is 25.0. The van der Waals surface area contributed by atoms with Crippen molar-refractivity contribution in [2.24, 2.45) is 5.92 Å². The van der Waals surface area contributed by atoms with Crippen LogP contribution in [0.4, 0.5) is 5.69 Å². The van der Waals surface area contributed by atoms with Gasteiger partial charge in [0.1, 0.15) is 0 Å². The van der Waals surface area contributed by atoms with Gasteiger partial charge in [-0.05, 0) is 56.6 Å². The van der Waals surface area contributed by atoms with Crippen molar-refractivity contribution in [2.45, 2.75) is 50.7 Å². The zero-order chi connectivity index (χ0) is 15.5. The molecule has 0 radical (unpaired) electrons. The minimum atomic E-state index is 0.481. The number of para-hydroxylation sites is 1. The second-order valence-corrected chi connectivity index (χ2v) is 7.60. The molecule has 0 spiro atoms. The lowest BCUT2D eigenvalue weighted by Crippen LogP contribution is -2.42. The molecule has 1 aromatic carbocycles. The number of nitrogens with zero attached hydrogens (tertiary/aromatic N) is 2. The number of likely N-dealkylation sites (tertiary alicyclic amines) is 1. The fraction of sp³-hybridized carbons (Fsp3) is 0.700. The number of hydrogen-bond acceptors (Lipinski definition) is 3. The average molecular weight is 314 g/mol. The molecule has 0 amide bonds. The standard InChI is InChI=1S/C20H30N2O/c1-2-4-18(5-3-1)22-14-10-20(11-15-22)23-19-8-12-21(13-9-19)16-17-6-7-17/h1-5,17,19-20H,6-16H2. The van der Waals surface area contributed by atoms with Crippen molar-refractivity contribution in [2.75, 3.05) is 37.6 Å². The minimum absolute atomic E-state index is 0.481. The first kappa shape index (κ1) is 15.5. The Morgan fingerprint density at radius 3 is 2.00 bits per heavy atom. The Hall–Kier alpha value is -1.06. The molecule has 2 heterocycles. The largest absolute Gasteiger partial charge is 0.375 e. The fourth-order valence-electron chi connectivity index (χ4n) is 4.05. The molecule has 0 atom stereocenters. The molecule has 3 heteroatoms. The van der Waals surface area contributed by atoms with E-state index in [9.17, 15) is 0 Å². The zero-order valence-electron chi connectivity index (χ0n) is 14.2. The van der Waals surface area contributed by atoms with E-state index in [4.69, 9.17) is 4.74 Å². The van der Waals surface area contributed by atoms with Gasteiger partial charge in [-0.25, -0.2) is 0 Å². The van der Waals surface area contributed by atoms with Crippen LogP contribution in [0.15, 0.2) is 30.3 Å². The molecule has 4 rings (SSSR count). The fourth-order valence-corrected chi connectivity index (χ4v) is 4.05. The number of anilines is 1. The summed E-state index contributed by atoms with van der Waals surface area (Å²) in [7, 11) is 0. The molecule has 2 saturated heterocycles. The number of piperidine rings is 2. The first-order valence-corrected chi connectivity index (χ1v) is 9.54. The van der Waals surface area contributed by atoms with E-state index in [0.29, 0.717) is 12.2 Å². The van der Waals surface area contributed by atoms with E-state index in [1.165, 1.54) is 63.8 Å². The van der Waals surface area contributed by atoms with Gasteiger partial charge >= 0.3 is 0 Å². The van der Waals surface area contributed by atoms with Gasteiger partial charge in [0, 0.05) is 38.4 Å². The van der Waals surface area contributed by atoms with Crippen LogP contribution in [-0.4, -0.2) is 49.8 Å². The number of hydrogen-bond donors (Lipinski definition) is 0. The van der Waals surface area contributed by atoms with Crippen molar-refractivity contribution >= 4 is 5.69 Å². The summed E-state index contributed by atoms with van der Waals surface area (Å²) >= 11 is 0. The molecule has 1 aliphatic carbocycles. The van der Waals surface area contributed by atoms with Gasteiger partial charge < -0.3 is 14.5 Å². The van der Waals surface area contributed by atoms with E-state index in [1.807, 2.05) is 0 Å². The highest BCUT2D eigenvalue weighted by molar-refractivity contribution is 5.46. The monoisotopic (exact) mass is 314 g/mol. The van der Waals surface area contributed by atoms with Crippen LogP contribution in [0.25, 0.3) is 0 Å². The van der Waals surface area contributed by atoms with Gasteiger partial charge in [0.05, 0.1) is 12.2 Å². The van der Waals surface area contributed by atoms with Gasteiger partial charge in [-0.3, -0.25) is 0 Å². The Balaban J connectivity index is 1.18. The quantitative estimate of drug-likeness (QED) is 0.826. The first-order valence-electron chi connectivity index (χ1n) is 9.54. The van der Waals surface area contributed by atoms with Crippen molar-refractivity contribution < 1.29 is 4.74 Å². The van der Waals surface area contributed by atoms with Crippen LogP contribution in [0.5, 0.6) is 0 Å². The maximum absolute atomic E-state index is 6.43. The molecule has 0 aromatic heterocycles. The molecular weight excluding hydrogens is 284 g/mol. The highest BCUT2D eigenvalue weighted by atomic mass is 16.5. The Morgan fingerprint density at radius 1 is 0.783 bits per heavy atom. The molecule has 0 unspecified atom stereocenters. The molecule has 3 nitrogen and oxygen atoms in total. The van der Waals surface area contributed by atoms with Gasteiger partial charge in [-0.2, -0.15) is 0 Å². The molecular formula is C20H30N2O. The van der Waals surface area contributed by atoms with Crippen molar-refractivity contribution in [1.29, 1.82) is 0 Å². The molecule has 3 aliphatic rings. The molecule has 0 N–H and O–H groups in total. The lowest BCUT2D eigenvalue weighted by Gasteiger charge is -2.38. The van der Waals surface area contributed by atoms with Crippen LogP contribution in [0.3, 0.4) is 0 Å². The lowest BCUT2D eigenvalue weighted by molar-refractivity contribution is -0.0512. The van der Waals surface area contributed by atoms with Crippen molar-refractivity contribution in [3.63, 3.8) is 0 Å². The molecule has 3 fully saturated rings. The summed E-state index contributed by atoms with van der Waals surface area (Å²) in [5.41, 5.74) is 1.36. The molecule has 23 heavy (non-hydrogen) atoms. The summed E-state index contributed by atoms with van der Waals surface area (Å²) in [5, 5.41) is 0. The van der Waals surface area contributed by atoms with Gasteiger partial charge in [-0.1, -0.05) is 18.2 Å². The highest BCUT2D eigenvalue weighted by Gasteiger charge is 2.29. The summed E-state index contributed by atoms with van der Waals surface area (Å²) in [4.78, 5) is 5.16. The smallest absolute Gasteiger partial charge is 0.0612 e. The second-order valence-electron chi connectivity index (χ2n) is 7.60. The SMILES string of the molecule is c1ccc(N2CCC(OC3CCN(CC4CC4)CC3)CC2)cc1. The molecule has 126 valence electrons. The van der Waals surface area contributed by atoms with Gasteiger partial charge in [0.15, 0.2) is 0 Å². The minimum Gasteiger partial charge on any atom is -0.375 e. The van der Waals surface area contributed by atoms with Crippen LogP contribution >= 0.6 is 0 Å². The molecule has 0 bridgehead atoms. The van der Waals surface area contributed by atoms with Crippen molar-refractivity contribution in [1.82, 2.24) is 4.90 Å². The molecule has 1 saturated carbocycles. The van der Waals surface area contributed by atoms with Crippen LogP contribution < -0.4 is 4.90 Å². The summed E-state index contributed by atoms with van der Waals surface area (Å²) in [6.07, 6.45) is 8.77. The van der Waals surface area contributed by atoms with Gasteiger partial charge in [0.2, 0.25) is 0 Å². The summed E-state index contributed by atoms with van der Waals surface area (Å²) in [5.74, 6) is 1.02. The highest BCUT2D eigenvalue weighted by Crippen LogP contribution is 2.31. The predicted molar refractivity (Wildman–Crippen MR) is 94.9 cm³/mol. The third kappa shape index (κ3) is 4.27. The first-order chi connectivity index (χ1) is 11.4.